The molecule has 3 aromatic carbocycles. The van der Waals surface area contributed by atoms with E-state index in [0.717, 1.165) is 21.5 Å². The van der Waals surface area contributed by atoms with Gasteiger partial charge in [-0.3, -0.25) is 19.2 Å². The molecule has 1 amide bonds. The lowest BCUT2D eigenvalue weighted by Crippen LogP contribution is -2.42. The van der Waals surface area contributed by atoms with Crippen molar-refractivity contribution in [2.24, 2.45) is 0 Å². The number of benzene rings is 3. The molecule has 1 N–H and O–H groups in total. The van der Waals surface area contributed by atoms with Gasteiger partial charge < -0.3 is 14.8 Å². The Labute approximate surface area is 216 Å². The van der Waals surface area contributed by atoms with Gasteiger partial charge in [0.25, 0.3) is 15.7 Å². The SMILES string of the molecule is COc1ccc(N(CC(=O)NCCOc2cccc(C)c2C)S(=O)(=O)c2ccc(C)c([N+](=O)[O-])c2)cc1. The van der Waals surface area contributed by atoms with Gasteiger partial charge in [-0.05, 0) is 68.3 Å². The van der Waals surface area contributed by atoms with Crippen LogP contribution < -0.4 is 19.1 Å². The lowest BCUT2D eigenvalue weighted by molar-refractivity contribution is -0.385. The number of nitrogens with zero attached hydrogens (tertiary/aromatic N) is 2. The van der Waals surface area contributed by atoms with E-state index in [0.29, 0.717) is 17.1 Å². The van der Waals surface area contributed by atoms with Crippen LogP contribution in [0.3, 0.4) is 0 Å². The number of methoxy groups -OCH3 is 1. The van der Waals surface area contributed by atoms with Crippen molar-refractivity contribution in [3.8, 4) is 11.5 Å². The summed E-state index contributed by atoms with van der Waals surface area (Å²) in [6, 6.07) is 15.4. The van der Waals surface area contributed by atoms with E-state index in [2.05, 4.69) is 5.32 Å². The molecular formula is C26H29N3O7S. The van der Waals surface area contributed by atoms with Crippen LogP contribution in [0.15, 0.2) is 65.6 Å². The summed E-state index contributed by atoms with van der Waals surface area (Å²) >= 11 is 0. The van der Waals surface area contributed by atoms with E-state index in [1.54, 1.807) is 12.1 Å². The average Bonchev–Trinajstić information content (AvgIpc) is 2.87. The van der Waals surface area contributed by atoms with Gasteiger partial charge in [0.1, 0.15) is 24.7 Å². The van der Waals surface area contributed by atoms with Gasteiger partial charge in [-0.2, -0.15) is 0 Å². The van der Waals surface area contributed by atoms with E-state index in [1.807, 2.05) is 32.0 Å². The van der Waals surface area contributed by atoms with Gasteiger partial charge in [0.15, 0.2) is 0 Å². The first kappa shape index (κ1) is 27.5. The molecule has 0 aromatic heterocycles. The van der Waals surface area contributed by atoms with Crippen LogP contribution in [0, 0.1) is 30.9 Å². The highest BCUT2D eigenvalue weighted by molar-refractivity contribution is 7.92. The maximum absolute atomic E-state index is 13.6. The Hall–Kier alpha value is -4.12. The van der Waals surface area contributed by atoms with Gasteiger partial charge in [-0.1, -0.05) is 18.2 Å². The zero-order chi connectivity index (χ0) is 27.2. The predicted molar refractivity (Wildman–Crippen MR) is 140 cm³/mol. The molecule has 0 aliphatic carbocycles. The Morgan fingerprint density at radius 3 is 2.38 bits per heavy atom. The summed E-state index contributed by atoms with van der Waals surface area (Å²) in [5.41, 5.74) is 2.27. The molecule has 0 aliphatic rings. The highest BCUT2D eigenvalue weighted by Gasteiger charge is 2.29. The molecule has 0 spiro atoms. The molecule has 0 fully saturated rings. The van der Waals surface area contributed by atoms with Crippen molar-refractivity contribution in [1.82, 2.24) is 5.32 Å². The third-order valence-corrected chi connectivity index (χ3v) is 7.62. The quantitative estimate of drug-likeness (QED) is 0.227. The minimum Gasteiger partial charge on any atom is -0.497 e. The van der Waals surface area contributed by atoms with Crippen molar-refractivity contribution in [2.75, 3.05) is 31.1 Å². The van der Waals surface area contributed by atoms with Crippen LogP contribution in [0.5, 0.6) is 11.5 Å². The van der Waals surface area contributed by atoms with Crippen LogP contribution >= 0.6 is 0 Å². The van der Waals surface area contributed by atoms with Gasteiger partial charge in [0, 0.05) is 11.6 Å². The van der Waals surface area contributed by atoms with Crippen LogP contribution in [0.1, 0.15) is 16.7 Å². The number of aryl methyl sites for hydroxylation is 2. The second-order valence-electron chi connectivity index (χ2n) is 8.31. The standard InChI is InChI=1S/C26H29N3O7S/c1-18-6-5-7-25(20(18)3)36-15-14-27-26(30)17-28(21-9-11-22(35-4)12-10-21)37(33,34)23-13-8-19(2)24(16-23)29(31)32/h5-13,16H,14-15,17H2,1-4H3,(H,27,30). The molecule has 0 saturated carbocycles. The third-order valence-electron chi connectivity index (χ3n) is 5.85. The van der Waals surface area contributed by atoms with Crippen LogP contribution in [0.4, 0.5) is 11.4 Å². The van der Waals surface area contributed by atoms with Crippen molar-refractivity contribution in [3.63, 3.8) is 0 Å². The van der Waals surface area contributed by atoms with Crippen LogP contribution in [-0.2, 0) is 14.8 Å². The fourth-order valence-electron chi connectivity index (χ4n) is 3.56. The molecule has 3 rings (SSSR count). The van der Waals surface area contributed by atoms with E-state index >= 15 is 0 Å². The summed E-state index contributed by atoms with van der Waals surface area (Å²) in [6.07, 6.45) is 0. The summed E-state index contributed by atoms with van der Waals surface area (Å²) in [4.78, 5) is 23.2. The topological polar surface area (TPSA) is 128 Å². The fraction of sp³-hybridized carbons (Fsp3) is 0.269. The van der Waals surface area contributed by atoms with Crippen molar-refractivity contribution in [1.29, 1.82) is 0 Å². The van der Waals surface area contributed by atoms with Crippen molar-refractivity contribution >= 4 is 27.3 Å². The predicted octanol–water partition coefficient (Wildman–Crippen LogP) is 3.92. The molecule has 11 heteroatoms. The third kappa shape index (κ3) is 6.56. The van der Waals surface area contributed by atoms with E-state index < -0.39 is 27.4 Å². The number of anilines is 1. The summed E-state index contributed by atoms with van der Waals surface area (Å²) in [5, 5.41) is 14.1. The Kier molecular flexibility index (Phi) is 8.72. The van der Waals surface area contributed by atoms with Gasteiger partial charge in [0.2, 0.25) is 5.91 Å². The lowest BCUT2D eigenvalue weighted by atomic mass is 10.1. The van der Waals surface area contributed by atoms with Gasteiger partial charge in [-0.25, -0.2) is 8.42 Å². The number of carbonyl (C=O) groups excluding carboxylic acids is 1. The van der Waals surface area contributed by atoms with E-state index in [1.165, 1.54) is 38.3 Å². The molecular weight excluding hydrogens is 498 g/mol. The number of nitro benzene ring substituents is 1. The average molecular weight is 528 g/mol. The maximum atomic E-state index is 13.6. The number of amides is 1. The summed E-state index contributed by atoms with van der Waals surface area (Å²) in [7, 11) is -2.85. The first-order valence-corrected chi connectivity index (χ1v) is 12.9. The Balaban J connectivity index is 1.80. The zero-order valence-electron chi connectivity index (χ0n) is 21.1. The smallest absolute Gasteiger partial charge is 0.273 e. The second-order valence-corrected chi connectivity index (χ2v) is 10.2. The maximum Gasteiger partial charge on any atom is 0.273 e. The van der Waals surface area contributed by atoms with Crippen LogP contribution in [-0.4, -0.2) is 46.1 Å². The molecule has 3 aromatic rings. The summed E-state index contributed by atoms with van der Waals surface area (Å²) < 4.78 is 38.9. The van der Waals surface area contributed by atoms with E-state index in [9.17, 15) is 23.3 Å². The van der Waals surface area contributed by atoms with Crippen molar-refractivity contribution in [3.05, 3.63) is 87.5 Å². The normalized spacial score (nSPS) is 11.0. The molecule has 0 aliphatic heterocycles. The number of hydrogen-bond donors (Lipinski definition) is 1. The number of rotatable bonds is 11. The molecule has 0 atom stereocenters. The molecule has 0 radical (unpaired) electrons. The fourth-order valence-corrected chi connectivity index (χ4v) is 5.00. The number of hydrogen-bond acceptors (Lipinski definition) is 7. The number of nitrogens with one attached hydrogen (secondary N) is 1. The van der Waals surface area contributed by atoms with E-state index in [4.69, 9.17) is 9.47 Å². The number of ether oxygens (including phenoxy) is 2. The molecule has 0 heterocycles. The Morgan fingerprint density at radius 1 is 1.03 bits per heavy atom. The highest BCUT2D eigenvalue weighted by Crippen LogP contribution is 2.29. The molecule has 0 unspecified atom stereocenters. The minimum absolute atomic E-state index is 0.152. The minimum atomic E-state index is -4.33. The van der Waals surface area contributed by atoms with Gasteiger partial charge in [-0.15, -0.1) is 0 Å². The van der Waals surface area contributed by atoms with E-state index in [-0.39, 0.29) is 29.4 Å². The van der Waals surface area contributed by atoms with Gasteiger partial charge in [0.05, 0.1) is 29.2 Å². The largest absolute Gasteiger partial charge is 0.497 e. The zero-order valence-corrected chi connectivity index (χ0v) is 21.9. The Morgan fingerprint density at radius 2 is 1.73 bits per heavy atom. The lowest BCUT2D eigenvalue weighted by Gasteiger charge is -2.24. The van der Waals surface area contributed by atoms with Crippen LogP contribution in [0.25, 0.3) is 0 Å². The highest BCUT2D eigenvalue weighted by atomic mass is 32.2. The van der Waals surface area contributed by atoms with Crippen LogP contribution in [0.2, 0.25) is 0 Å². The molecule has 10 nitrogen and oxygen atoms in total. The molecule has 37 heavy (non-hydrogen) atoms. The van der Waals surface area contributed by atoms with Crippen molar-refractivity contribution in [2.45, 2.75) is 25.7 Å². The summed E-state index contributed by atoms with van der Waals surface area (Å²) in [5.74, 6) is 0.642. The number of carbonyl (C=O) groups is 1. The monoisotopic (exact) mass is 527 g/mol. The Bertz CT molecular complexity index is 1390. The second kappa shape index (κ2) is 11.7. The van der Waals surface area contributed by atoms with Crippen molar-refractivity contribution < 1.29 is 27.6 Å². The number of sulfonamides is 1. The van der Waals surface area contributed by atoms with Gasteiger partial charge >= 0.3 is 0 Å². The number of nitro groups is 1. The molecule has 0 bridgehead atoms. The summed E-state index contributed by atoms with van der Waals surface area (Å²) in [6.45, 7) is 5.23. The first-order valence-electron chi connectivity index (χ1n) is 11.4. The first-order chi connectivity index (χ1) is 17.5. The molecule has 196 valence electrons. The molecule has 0 saturated heterocycles.